The van der Waals surface area contributed by atoms with Crippen LogP contribution in [-0.2, 0) is 11.5 Å². The molecule has 0 saturated carbocycles. The molecule has 21 heavy (non-hydrogen) atoms. The Morgan fingerprint density at radius 3 is 1.52 bits per heavy atom. The summed E-state index contributed by atoms with van der Waals surface area (Å²) in [4.78, 5) is 4.04. The van der Waals surface area contributed by atoms with Crippen molar-refractivity contribution in [1.29, 1.82) is 0 Å². The Balaban J connectivity index is 2.23. The van der Waals surface area contributed by atoms with Crippen LogP contribution in [0, 0.1) is 0 Å². The zero-order valence-electron chi connectivity index (χ0n) is 15.1. The Bertz CT molecular complexity index is 591. The molecule has 0 aliphatic rings. The maximum absolute atomic E-state index is 8.51. The summed E-state index contributed by atoms with van der Waals surface area (Å²) in [5.41, 5.74) is 2.97. The van der Waals surface area contributed by atoms with Crippen molar-refractivity contribution in [1.82, 2.24) is 0 Å². The minimum Gasteiger partial charge on any atom is -0.377 e. The summed E-state index contributed by atoms with van der Waals surface area (Å²) in [6.07, 6.45) is 0. The van der Waals surface area contributed by atoms with Crippen LogP contribution in [0.3, 0.4) is 0 Å². The number of thioether (sulfide) groups is 1. The standard InChI is InChI=1S/C18H24N2S/c1-19(2)17-11-7-5-9-15(17)13-21-14-16-10-6-8-12-18(16)20(3)4/h5-12H,13-14H2,1-4H3/i13D,14D. The molecule has 0 fully saturated rings. The van der Waals surface area contributed by atoms with E-state index in [0.29, 0.717) is 0 Å². The van der Waals surface area contributed by atoms with Crippen molar-refractivity contribution in [3.63, 3.8) is 0 Å². The molecule has 0 amide bonds. The van der Waals surface area contributed by atoms with Gasteiger partial charge in [-0.2, -0.15) is 11.8 Å². The molecule has 2 aromatic carbocycles. The van der Waals surface area contributed by atoms with E-state index in [4.69, 9.17) is 2.74 Å². The first kappa shape index (κ1) is 13.1. The lowest BCUT2D eigenvalue weighted by molar-refractivity contribution is 1.10. The third kappa shape index (κ3) is 4.18. The monoisotopic (exact) mass is 302 g/mol. The van der Waals surface area contributed by atoms with Crippen LogP contribution in [-0.4, -0.2) is 28.2 Å². The van der Waals surface area contributed by atoms with Crippen molar-refractivity contribution in [3.05, 3.63) is 59.7 Å². The van der Waals surface area contributed by atoms with Crippen molar-refractivity contribution < 1.29 is 2.74 Å². The molecule has 112 valence electrons. The smallest absolute Gasteiger partial charge is 0.0431 e. The Morgan fingerprint density at radius 1 is 0.762 bits per heavy atom. The largest absolute Gasteiger partial charge is 0.377 e. The van der Waals surface area contributed by atoms with Gasteiger partial charge in [-0.25, -0.2) is 0 Å². The summed E-state index contributed by atoms with van der Waals surface area (Å²) in [6, 6.07) is 15.9. The van der Waals surface area contributed by atoms with Crippen LogP contribution in [0.5, 0.6) is 0 Å². The van der Waals surface area contributed by atoms with E-state index in [1.54, 1.807) is 0 Å². The molecule has 0 N–H and O–H groups in total. The SMILES string of the molecule is [2H]C(SC([2H])c1ccccc1N(C)C)c1ccccc1N(C)C. The lowest BCUT2D eigenvalue weighted by atomic mass is 10.2. The lowest BCUT2D eigenvalue weighted by Crippen LogP contribution is -2.11. The van der Waals surface area contributed by atoms with Crippen LogP contribution in [0.15, 0.2) is 48.5 Å². The molecule has 0 aromatic heterocycles. The van der Waals surface area contributed by atoms with Gasteiger partial charge in [0, 0.05) is 53.8 Å². The van der Waals surface area contributed by atoms with E-state index in [-0.39, 0.29) is 0 Å². The van der Waals surface area contributed by atoms with Crippen molar-refractivity contribution in [2.24, 2.45) is 0 Å². The second-order valence-corrected chi connectivity index (χ2v) is 6.02. The highest BCUT2D eigenvalue weighted by Gasteiger charge is 2.06. The fourth-order valence-corrected chi connectivity index (χ4v) is 2.93. The number of rotatable bonds is 6. The van der Waals surface area contributed by atoms with Gasteiger partial charge in [0.1, 0.15) is 0 Å². The van der Waals surface area contributed by atoms with Gasteiger partial charge < -0.3 is 9.80 Å². The minimum atomic E-state index is -0.494. The topological polar surface area (TPSA) is 6.48 Å². The second-order valence-electron chi connectivity index (χ2n) is 5.28. The maximum atomic E-state index is 8.51. The molecule has 2 aromatic rings. The van der Waals surface area contributed by atoms with Gasteiger partial charge >= 0.3 is 0 Å². The number of benzene rings is 2. The zero-order valence-corrected chi connectivity index (χ0v) is 13.9. The Morgan fingerprint density at radius 2 is 1.14 bits per heavy atom. The van der Waals surface area contributed by atoms with Crippen molar-refractivity contribution in [3.8, 4) is 0 Å². The molecule has 0 bridgehead atoms. The van der Waals surface area contributed by atoms with E-state index in [1.165, 1.54) is 11.8 Å². The molecule has 2 rings (SSSR count). The summed E-state index contributed by atoms with van der Waals surface area (Å²) in [6.45, 7) is 0. The average Bonchev–Trinajstić information content (AvgIpc) is 2.54. The van der Waals surface area contributed by atoms with E-state index in [1.807, 2.05) is 86.5 Å². The lowest BCUT2D eigenvalue weighted by Gasteiger charge is -2.19. The third-order valence-corrected chi connectivity index (χ3v) is 4.01. The Hall–Kier alpha value is -1.61. The molecular formula is C18H24N2S. The predicted molar refractivity (Wildman–Crippen MR) is 96.5 cm³/mol. The van der Waals surface area contributed by atoms with Crippen LogP contribution in [0.25, 0.3) is 0 Å². The van der Waals surface area contributed by atoms with Gasteiger partial charge in [0.15, 0.2) is 0 Å². The Labute approximate surface area is 135 Å². The fourth-order valence-electron chi connectivity index (χ4n) is 2.17. The molecule has 0 spiro atoms. The van der Waals surface area contributed by atoms with Gasteiger partial charge in [-0.15, -0.1) is 0 Å². The quantitative estimate of drug-likeness (QED) is 0.787. The first-order chi connectivity index (χ1) is 10.9. The highest BCUT2D eigenvalue weighted by molar-refractivity contribution is 7.97. The molecule has 3 heteroatoms. The Kier molecular flexibility index (Phi) is 4.62. The fraction of sp³-hybridized carbons (Fsp3) is 0.333. The molecule has 0 radical (unpaired) electrons. The van der Waals surface area contributed by atoms with Gasteiger partial charge in [-0.05, 0) is 23.3 Å². The van der Waals surface area contributed by atoms with E-state index in [9.17, 15) is 0 Å². The van der Waals surface area contributed by atoms with E-state index < -0.39 is 11.5 Å². The molecule has 0 saturated heterocycles. The van der Waals surface area contributed by atoms with Crippen LogP contribution < -0.4 is 9.80 Å². The van der Waals surface area contributed by atoms with Crippen LogP contribution in [0.2, 0.25) is 0 Å². The van der Waals surface area contributed by atoms with Gasteiger partial charge in [-0.1, -0.05) is 36.4 Å². The van der Waals surface area contributed by atoms with Gasteiger partial charge in [0.25, 0.3) is 0 Å². The summed E-state index contributed by atoms with van der Waals surface area (Å²) in [5, 5.41) is 0. The molecule has 0 aliphatic carbocycles. The first-order valence-electron chi connectivity index (χ1n) is 8.09. The van der Waals surface area contributed by atoms with E-state index >= 15 is 0 Å². The highest BCUT2D eigenvalue weighted by Crippen LogP contribution is 2.28. The average molecular weight is 302 g/mol. The van der Waals surface area contributed by atoms with E-state index in [0.717, 1.165) is 22.5 Å². The summed E-state index contributed by atoms with van der Waals surface area (Å²) >= 11 is 1.35. The number of nitrogens with zero attached hydrogens (tertiary/aromatic N) is 2. The van der Waals surface area contributed by atoms with Crippen molar-refractivity contribution in [2.75, 3.05) is 38.0 Å². The molecule has 2 nitrogen and oxygen atoms in total. The minimum absolute atomic E-state index is 0.494. The normalized spacial score (nSPS) is 14.9. The number of anilines is 2. The molecule has 0 aliphatic heterocycles. The van der Waals surface area contributed by atoms with Gasteiger partial charge in [0.2, 0.25) is 0 Å². The summed E-state index contributed by atoms with van der Waals surface area (Å²) < 4.78 is 17.0. The van der Waals surface area contributed by atoms with Gasteiger partial charge in [0.05, 0.1) is 0 Å². The van der Waals surface area contributed by atoms with Crippen LogP contribution >= 0.6 is 11.8 Å². The molecule has 2 unspecified atom stereocenters. The summed E-state index contributed by atoms with van der Waals surface area (Å²) in [7, 11) is 7.93. The third-order valence-electron chi connectivity index (χ3n) is 3.23. The zero-order chi connectivity index (χ0) is 17.0. The first-order valence-corrected chi connectivity index (χ1v) is 7.88. The summed E-state index contributed by atoms with van der Waals surface area (Å²) in [5.74, 6) is 0. The van der Waals surface area contributed by atoms with Gasteiger partial charge in [-0.3, -0.25) is 0 Å². The number of hydrogen-bond donors (Lipinski definition) is 0. The maximum Gasteiger partial charge on any atom is 0.0431 e. The second kappa shape index (κ2) is 7.41. The predicted octanol–water partition coefficient (Wildman–Crippen LogP) is 4.25. The van der Waals surface area contributed by atoms with Crippen molar-refractivity contribution in [2.45, 2.75) is 11.5 Å². The number of para-hydroxylation sites is 2. The van der Waals surface area contributed by atoms with Crippen LogP contribution in [0.4, 0.5) is 11.4 Å². The molecule has 0 heterocycles. The molecule has 2 atom stereocenters. The molecular weight excluding hydrogens is 276 g/mol. The highest BCUT2D eigenvalue weighted by atomic mass is 32.2. The van der Waals surface area contributed by atoms with Crippen LogP contribution in [0.1, 0.15) is 13.9 Å². The van der Waals surface area contributed by atoms with E-state index in [2.05, 4.69) is 0 Å². The number of hydrogen-bond acceptors (Lipinski definition) is 3. The van der Waals surface area contributed by atoms with Crippen molar-refractivity contribution >= 4 is 23.1 Å².